The van der Waals surface area contributed by atoms with Crippen molar-refractivity contribution in [3.63, 3.8) is 0 Å². The minimum absolute atomic E-state index is 0.697. The highest BCUT2D eigenvalue weighted by Crippen LogP contribution is 2.34. The van der Waals surface area contributed by atoms with Crippen molar-refractivity contribution in [2.75, 3.05) is 48.1 Å². The lowest BCUT2D eigenvalue weighted by atomic mass is 10.1. The Morgan fingerprint density at radius 2 is 1.65 bits per heavy atom. The molecule has 0 fully saturated rings. The van der Waals surface area contributed by atoms with Gasteiger partial charge in [0.1, 0.15) is 17.2 Å². The van der Waals surface area contributed by atoms with Crippen LogP contribution in [0.25, 0.3) is 6.08 Å². The molecule has 0 unspecified atom stereocenters. The van der Waals surface area contributed by atoms with Crippen molar-refractivity contribution in [1.82, 2.24) is 5.32 Å². The van der Waals surface area contributed by atoms with Crippen molar-refractivity contribution >= 4 is 6.08 Å². The van der Waals surface area contributed by atoms with Crippen molar-refractivity contribution in [2.24, 2.45) is 0 Å². The standard InChI is InChI=1S/C15H23NO4/c1-17-9-8-16-7-5-6-13-14(19-3)10-12(18-2)11-15(13)20-4/h5-6,10-11,16H,7-9H2,1-4H3. The van der Waals surface area contributed by atoms with E-state index in [0.29, 0.717) is 23.9 Å². The first-order valence-electron chi connectivity index (χ1n) is 6.43. The summed E-state index contributed by atoms with van der Waals surface area (Å²) in [4.78, 5) is 0. The molecular formula is C15H23NO4. The molecule has 0 atom stereocenters. The third kappa shape index (κ3) is 4.75. The van der Waals surface area contributed by atoms with Crippen molar-refractivity contribution in [1.29, 1.82) is 0 Å². The molecule has 1 aromatic rings. The molecule has 0 aromatic heterocycles. The molecule has 0 saturated carbocycles. The predicted molar refractivity (Wildman–Crippen MR) is 79.9 cm³/mol. The van der Waals surface area contributed by atoms with Gasteiger partial charge >= 0.3 is 0 Å². The van der Waals surface area contributed by atoms with E-state index in [4.69, 9.17) is 18.9 Å². The lowest BCUT2D eigenvalue weighted by Gasteiger charge is -2.12. The van der Waals surface area contributed by atoms with Gasteiger partial charge in [-0.3, -0.25) is 0 Å². The summed E-state index contributed by atoms with van der Waals surface area (Å²) in [7, 11) is 6.55. The van der Waals surface area contributed by atoms with Gasteiger partial charge in [-0.05, 0) is 0 Å². The second-order valence-corrected chi connectivity index (χ2v) is 4.04. The summed E-state index contributed by atoms with van der Waals surface area (Å²) in [6.07, 6.45) is 3.99. The molecule has 0 amide bonds. The molecule has 0 spiro atoms. The number of nitrogens with one attached hydrogen (secondary N) is 1. The normalized spacial score (nSPS) is 10.8. The number of methoxy groups -OCH3 is 4. The highest BCUT2D eigenvalue weighted by molar-refractivity contribution is 5.66. The molecule has 0 bridgehead atoms. The van der Waals surface area contributed by atoms with Crippen LogP contribution in [0, 0.1) is 0 Å². The maximum Gasteiger partial charge on any atom is 0.133 e. The van der Waals surface area contributed by atoms with Crippen LogP contribution in [0.4, 0.5) is 0 Å². The first-order valence-corrected chi connectivity index (χ1v) is 6.43. The first-order chi connectivity index (χ1) is 9.76. The van der Waals surface area contributed by atoms with Gasteiger partial charge in [-0.25, -0.2) is 0 Å². The van der Waals surface area contributed by atoms with Gasteiger partial charge in [0.15, 0.2) is 0 Å². The van der Waals surface area contributed by atoms with Crippen LogP contribution in [0.2, 0.25) is 0 Å². The monoisotopic (exact) mass is 281 g/mol. The number of ether oxygens (including phenoxy) is 4. The maximum absolute atomic E-state index is 5.37. The zero-order valence-corrected chi connectivity index (χ0v) is 12.6. The Morgan fingerprint density at radius 1 is 1.00 bits per heavy atom. The number of hydrogen-bond acceptors (Lipinski definition) is 5. The lowest BCUT2D eigenvalue weighted by molar-refractivity contribution is 0.200. The summed E-state index contributed by atoms with van der Waals surface area (Å²) in [5.41, 5.74) is 0.893. The van der Waals surface area contributed by atoms with Crippen LogP contribution < -0.4 is 19.5 Å². The Bertz CT molecular complexity index is 407. The lowest BCUT2D eigenvalue weighted by Crippen LogP contribution is -2.18. The average Bonchev–Trinajstić information content (AvgIpc) is 2.50. The third-order valence-corrected chi connectivity index (χ3v) is 2.78. The maximum atomic E-state index is 5.37. The van der Waals surface area contributed by atoms with Crippen molar-refractivity contribution < 1.29 is 18.9 Å². The summed E-state index contributed by atoms with van der Waals surface area (Å²) in [5, 5.41) is 3.24. The van der Waals surface area contributed by atoms with E-state index < -0.39 is 0 Å². The molecule has 0 aliphatic carbocycles. The topological polar surface area (TPSA) is 49.0 Å². The molecule has 0 aliphatic rings. The molecular weight excluding hydrogens is 258 g/mol. The number of rotatable bonds is 9. The fraction of sp³-hybridized carbons (Fsp3) is 0.467. The van der Waals surface area contributed by atoms with Crippen molar-refractivity contribution in [3.05, 3.63) is 23.8 Å². The van der Waals surface area contributed by atoms with Crippen LogP contribution in [0.3, 0.4) is 0 Å². The Kier molecular flexibility index (Phi) is 7.54. The molecule has 1 aromatic carbocycles. The molecule has 1 rings (SSSR count). The fourth-order valence-electron chi connectivity index (χ4n) is 1.73. The Balaban J connectivity index is 2.79. The highest BCUT2D eigenvalue weighted by Gasteiger charge is 2.10. The number of benzene rings is 1. The summed E-state index contributed by atoms with van der Waals surface area (Å²) in [6.45, 7) is 2.27. The zero-order valence-electron chi connectivity index (χ0n) is 12.6. The zero-order chi connectivity index (χ0) is 14.8. The van der Waals surface area contributed by atoms with Gasteiger partial charge in [-0.1, -0.05) is 12.2 Å². The SMILES string of the molecule is COCCNCC=Cc1c(OC)cc(OC)cc1OC. The molecule has 5 nitrogen and oxygen atoms in total. The molecule has 0 saturated heterocycles. The Labute approximate surface area is 120 Å². The van der Waals surface area contributed by atoms with E-state index in [1.54, 1.807) is 28.4 Å². The van der Waals surface area contributed by atoms with Gasteiger partial charge in [0, 0.05) is 32.3 Å². The van der Waals surface area contributed by atoms with E-state index in [1.807, 2.05) is 24.3 Å². The first kappa shape index (κ1) is 16.3. The third-order valence-electron chi connectivity index (χ3n) is 2.78. The number of hydrogen-bond donors (Lipinski definition) is 1. The molecule has 1 N–H and O–H groups in total. The second-order valence-electron chi connectivity index (χ2n) is 4.04. The Hall–Kier alpha value is -1.72. The van der Waals surface area contributed by atoms with E-state index in [9.17, 15) is 0 Å². The van der Waals surface area contributed by atoms with E-state index >= 15 is 0 Å². The van der Waals surface area contributed by atoms with Crippen LogP contribution in [-0.2, 0) is 4.74 Å². The quantitative estimate of drug-likeness (QED) is 0.701. The molecule has 0 aliphatic heterocycles. The van der Waals surface area contributed by atoms with Crippen LogP contribution in [0.1, 0.15) is 5.56 Å². The minimum atomic E-state index is 0.697. The average molecular weight is 281 g/mol. The van der Waals surface area contributed by atoms with Gasteiger partial charge in [0.2, 0.25) is 0 Å². The fourth-order valence-corrected chi connectivity index (χ4v) is 1.73. The van der Waals surface area contributed by atoms with Crippen molar-refractivity contribution in [2.45, 2.75) is 0 Å². The van der Waals surface area contributed by atoms with Gasteiger partial charge in [-0.15, -0.1) is 0 Å². The smallest absolute Gasteiger partial charge is 0.133 e. The van der Waals surface area contributed by atoms with Gasteiger partial charge in [-0.2, -0.15) is 0 Å². The van der Waals surface area contributed by atoms with Gasteiger partial charge in [0.25, 0.3) is 0 Å². The molecule has 112 valence electrons. The second kappa shape index (κ2) is 9.23. The molecule has 0 heterocycles. The van der Waals surface area contributed by atoms with Crippen LogP contribution in [-0.4, -0.2) is 48.1 Å². The molecule has 20 heavy (non-hydrogen) atoms. The van der Waals surface area contributed by atoms with Crippen LogP contribution in [0.15, 0.2) is 18.2 Å². The molecule has 0 radical (unpaired) electrons. The molecule has 5 heteroatoms. The van der Waals surface area contributed by atoms with E-state index in [0.717, 1.165) is 18.7 Å². The summed E-state index contributed by atoms with van der Waals surface area (Å²) < 4.78 is 20.9. The van der Waals surface area contributed by atoms with E-state index in [1.165, 1.54) is 0 Å². The van der Waals surface area contributed by atoms with Crippen LogP contribution >= 0.6 is 0 Å². The predicted octanol–water partition coefficient (Wildman–Crippen LogP) is 1.96. The van der Waals surface area contributed by atoms with E-state index in [2.05, 4.69) is 5.32 Å². The summed E-state index contributed by atoms with van der Waals surface area (Å²) >= 11 is 0. The Morgan fingerprint density at radius 3 is 2.15 bits per heavy atom. The highest BCUT2D eigenvalue weighted by atomic mass is 16.5. The van der Waals surface area contributed by atoms with Gasteiger partial charge < -0.3 is 24.3 Å². The van der Waals surface area contributed by atoms with E-state index in [-0.39, 0.29) is 0 Å². The largest absolute Gasteiger partial charge is 0.496 e. The van der Waals surface area contributed by atoms with Gasteiger partial charge in [0.05, 0.1) is 33.5 Å². The minimum Gasteiger partial charge on any atom is -0.496 e. The van der Waals surface area contributed by atoms with Crippen molar-refractivity contribution in [3.8, 4) is 17.2 Å². The van der Waals surface area contributed by atoms with Crippen LogP contribution in [0.5, 0.6) is 17.2 Å². The summed E-state index contributed by atoms with van der Waals surface area (Å²) in [5.74, 6) is 2.14. The summed E-state index contributed by atoms with van der Waals surface area (Å²) in [6, 6.07) is 3.67.